The summed E-state index contributed by atoms with van der Waals surface area (Å²) in [7, 11) is 0. The molecule has 0 saturated carbocycles. The number of rotatable bonds is 8. The van der Waals surface area contributed by atoms with Crippen LogP contribution >= 0.6 is 23.1 Å². The highest BCUT2D eigenvalue weighted by atomic mass is 32.2. The van der Waals surface area contributed by atoms with E-state index in [0.717, 1.165) is 17.2 Å². The minimum atomic E-state index is -0.444. The van der Waals surface area contributed by atoms with Crippen molar-refractivity contribution in [2.45, 2.75) is 18.9 Å². The van der Waals surface area contributed by atoms with Gasteiger partial charge in [-0.2, -0.15) is 0 Å². The third-order valence-electron chi connectivity index (χ3n) is 5.28. The Bertz CT molecular complexity index is 1200. The molecule has 2 aromatic heterocycles. The predicted molar refractivity (Wildman–Crippen MR) is 135 cm³/mol. The van der Waals surface area contributed by atoms with Crippen LogP contribution in [0.15, 0.2) is 41.7 Å². The summed E-state index contributed by atoms with van der Waals surface area (Å²) in [4.78, 5) is 41.8. The van der Waals surface area contributed by atoms with E-state index in [4.69, 9.17) is 4.74 Å². The number of aryl methyl sites for hydroxylation is 1. The SMILES string of the molecule is CCOC(=O)c1sc(NC(=O)CSc2cc(N3CCN(c4ccccc4F)CC3)ncn2)nc1C. The smallest absolute Gasteiger partial charge is 0.350 e. The standard InChI is InChI=1S/C23H25FN6O3S2/c1-3-33-22(32)21-15(2)27-23(35-21)28-19(31)13-34-20-12-18(25-14-26-20)30-10-8-29(9-11-30)17-7-5-4-6-16(17)24/h4-7,12,14H,3,8-11,13H2,1-2H3,(H,27,28,31). The zero-order valence-electron chi connectivity index (χ0n) is 19.4. The number of hydrogen-bond acceptors (Lipinski definition) is 10. The number of nitrogens with one attached hydrogen (secondary N) is 1. The number of carbonyl (C=O) groups is 2. The molecule has 0 radical (unpaired) electrons. The maximum Gasteiger partial charge on any atom is 0.350 e. The number of halogens is 1. The second kappa shape index (κ2) is 11.5. The van der Waals surface area contributed by atoms with Gasteiger partial charge in [-0.3, -0.25) is 4.79 Å². The van der Waals surface area contributed by atoms with Gasteiger partial charge in [-0.1, -0.05) is 35.2 Å². The fourth-order valence-electron chi connectivity index (χ4n) is 3.60. The van der Waals surface area contributed by atoms with E-state index in [1.165, 1.54) is 24.2 Å². The van der Waals surface area contributed by atoms with Crippen molar-refractivity contribution in [1.82, 2.24) is 15.0 Å². The molecular formula is C23H25FN6O3S2. The predicted octanol–water partition coefficient (Wildman–Crippen LogP) is 3.61. The minimum Gasteiger partial charge on any atom is -0.462 e. The van der Waals surface area contributed by atoms with E-state index >= 15 is 0 Å². The number of hydrogen-bond donors (Lipinski definition) is 1. The Labute approximate surface area is 210 Å². The highest BCUT2D eigenvalue weighted by Gasteiger charge is 2.21. The maximum absolute atomic E-state index is 14.1. The summed E-state index contributed by atoms with van der Waals surface area (Å²) in [6.45, 7) is 6.46. The van der Waals surface area contributed by atoms with E-state index < -0.39 is 5.97 Å². The van der Waals surface area contributed by atoms with Gasteiger partial charge < -0.3 is 19.9 Å². The molecule has 12 heteroatoms. The lowest BCUT2D eigenvalue weighted by atomic mass is 10.2. The molecule has 0 bridgehead atoms. The molecule has 1 aliphatic rings. The monoisotopic (exact) mass is 516 g/mol. The van der Waals surface area contributed by atoms with E-state index in [1.807, 2.05) is 17.0 Å². The second-order valence-corrected chi connectivity index (χ2v) is 9.63. The van der Waals surface area contributed by atoms with Gasteiger partial charge in [0.15, 0.2) is 5.13 Å². The number of nitrogens with zero attached hydrogens (tertiary/aromatic N) is 5. The average Bonchev–Trinajstić information content (AvgIpc) is 3.23. The van der Waals surface area contributed by atoms with Crippen LogP contribution in [0.3, 0.4) is 0 Å². The largest absolute Gasteiger partial charge is 0.462 e. The summed E-state index contributed by atoms with van der Waals surface area (Å²) in [5, 5.41) is 3.75. The Balaban J connectivity index is 1.30. The highest BCUT2D eigenvalue weighted by Crippen LogP contribution is 2.26. The van der Waals surface area contributed by atoms with E-state index in [-0.39, 0.29) is 24.1 Å². The third kappa shape index (κ3) is 6.25. The van der Waals surface area contributed by atoms with Gasteiger partial charge in [0.25, 0.3) is 0 Å². The number of benzene rings is 1. The van der Waals surface area contributed by atoms with E-state index in [9.17, 15) is 14.0 Å². The number of aromatic nitrogens is 3. The highest BCUT2D eigenvalue weighted by molar-refractivity contribution is 7.99. The van der Waals surface area contributed by atoms with Crippen molar-refractivity contribution in [1.29, 1.82) is 0 Å². The Kier molecular flexibility index (Phi) is 8.13. The molecule has 0 spiro atoms. The molecule has 1 amide bonds. The maximum atomic E-state index is 14.1. The Morgan fingerprint density at radius 1 is 1.17 bits per heavy atom. The molecule has 0 aliphatic carbocycles. The molecule has 1 fully saturated rings. The summed E-state index contributed by atoms with van der Waals surface area (Å²) in [5.74, 6) is -0.0145. The summed E-state index contributed by atoms with van der Waals surface area (Å²) in [5.41, 5.74) is 1.13. The molecular weight excluding hydrogens is 491 g/mol. The molecule has 35 heavy (non-hydrogen) atoms. The molecule has 3 heterocycles. The molecule has 0 atom stereocenters. The van der Waals surface area contributed by atoms with Gasteiger partial charge in [0, 0.05) is 32.2 Å². The molecule has 184 valence electrons. The molecule has 9 nitrogen and oxygen atoms in total. The molecule has 3 aromatic rings. The summed E-state index contributed by atoms with van der Waals surface area (Å²) >= 11 is 2.38. The van der Waals surface area contributed by atoms with Crippen molar-refractivity contribution in [2.24, 2.45) is 0 Å². The number of para-hydroxylation sites is 1. The molecule has 4 rings (SSSR count). The molecule has 1 N–H and O–H groups in total. The van der Waals surface area contributed by atoms with Crippen LogP contribution < -0.4 is 15.1 Å². The van der Waals surface area contributed by atoms with Gasteiger partial charge in [0.1, 0.15) is 27.9 Å². The topological polar surface area (TPSA) is 101 Å². The van der Waals surface area contributed by atoms with Gasteiger partial charge in [0.05, 0.1) is 23.7 Å². The zero-order chi connectivity index (χ0) is 24.8. The van der Waals surface area contributed by atoms with Crippen molar-refractivity contribution in [3.05, 3.63) is 53.0 Å². The number of amides is 1. The van der Waals surface area contributed by atoms with Gasteiger partial charge in [-0.15, -0.1) is 0 Å². The Hall–Kier alpha value is -3.25. The van der Waals surface area contributed by atoms with Crippen LogP contribution in [-0.4, -0.2) is 65.4 Å². The van der Waals surface area contributed by atoms with Crippen LogP contribution in [0.25, 0.3) is 0 Å². The van der Waals surface area contributed by atoms with Crippen LogP contribution in [0.4, 0.5) is 21.0 Å². The number of anilines is 3. The number of thiazole rings is 1. The van der Waals surface area contributed by atoms with Crippen molar-refractivity contribution in [2.75, 3.05) is 53.7 Å². The molecule has 1 saturated heterocycles. The van der Waals surface area contributed by atoms with Gasteiger partial charge in [-0.05, 0) is 26.0 Å². The second-order valence-electron chi connectivity index (χ2n) is 7.63. The number of piperazine rings is 1. The number of ether oxygens (including phenoxy) is 1. The normalized spacial score (nSPS) is 13.6. The lowest BCUT2D eigenvalue weighted by Gasteiger charge is -2.36. The Morgan fingerprint density at radius 2 is 1.91 bits per heavy atom. The van der Waals surface area contributed by atoms with Crippen molar-refractivity contribution >= 4 is 51.6 Å². The van der Waals surface area contributed by atoms with E-state index in [1.54, 1.807) is 26.0 Å². The number of carbonyl (C=O) groups excluding carboxylic acids is 2. The third-order valence-corrected chi connectivity index (χ3v) is 7.26. The average molecular weight is 517 g/mol. The fourth-order valence-corrected chi connectivity index (χ4v) is 5.14. The molecule has 0 unspecified atom stereocenters. The first-order valence-corrected chi connectivity index (χ1v) is 12.9. The van der Waals surface area contributed by atoms with Crippen molar-refractivity contribution in [3.63, 3.8) is 0 Å². The minimum absolute atomic E-state index is 0.130. The first-order valence-electron chi connectivity index (χ1n) is 11.1. The van der Waals surface area contributed by atoms with Crippen molar-refractivity contribution < 1.29 is 18.7 Å². The van der Waals surface area contributed by atoms with Crippen LogP contribution in [0.1, 0.15) is 22.3 Å². The van der Waals surface area contributed by atoms with Crippen LogP contribution in [0, 0.1) is 12.7 Å². The van der Waals surface area contributed by atoms with E-state index in [0.29, 0.717) is 52.6 Å². The first kappa shape index (κ1) is 24.9. The fraction of sp³-hybridized carbons (Fsp3) is 0.348. The number of esters is 1. The number of thioether (sulfide) groups is 1. The van der Waals surface area contributed by atoms with E-state index in [2.05, 4.69) is 25.2 Å². The summed E-state index contributed by atoms with van der Waals surface area (Å²) in [6.07, 6.45) is 1.48. The quantitative estimate of drug-likeness (QED) is 0.273. The summed E-state index contributed by atoms with van der Waals surface area (Å²) in [6, 6.07) is 8.64. The zero-order valence-corrected chi connectivity index (χ0v) is 21.0. The molecule has 1 aromatic carbocycles. The summed E-state index contributed by atoms with van der Waals surface area (Å²) < 4.78 is 19.1. The van der Waals surface area contributed by atoms with Crippen LogP contribution in [0.5, 0.6) is 0 Å². The van der Waals surface area contributed by atoms with Gasteiger partial charge in [-0.25, -0.2) is 24.1 Å². The van der Waals surface area contributed by atoms with Gasteiger partial charge in [0.2, 0.25) is 5.91 Å². The van der Waals surface area contributed by atoms with Crippen LogP contribution in [0.2, 0.25) is 0 Å². The lowest BCUT2D eigenvalue weighted by Crippen LogP contribution is -2.47. The van der Waals surface area contributed by atoms with Crippen molar-refractivity contribution in [3.8, 4) is 0 Å². The first-order chi connectivity index (χ1) is 16.9. The lowest BCUT2D eigenvalue weighted by molar-refractivity contribution is -0.113. The molecule has 1 aliphatic heterocycles. The van der Waals surface area contributed by atoms with Gasteiger partial charge >= 0.3 is 5.97 Å². The Morgan fingerprint density at radius 3 is 2.66 bits per heavy atom. The van der Waals surface area contributed by atoms with Crippen LogP contribution in [-0.2, 0) is 9.53 Å².